The second-order valence-electron chi connectivity index (χ2n) is 6.54. The molecule has 10 heteroatoms. The minimum absolute atomic E-state index is 0.198. The van der Waals surface area contributed by atoms with Crippen LogP contribution in [0.25, 0.3) is 0 Å². The number of hydrogen-bond acceptors (Lipinski definition) is 5. The molecule has 0 aromatic heterocycles. The molecule has 0 bridgehead atoms. The fourth-order valence-electron chi connectivity index (χ4n) is 2.73. The van der Waals surface area contributed by atoms with E-state index in [4.69, 9.17) is 0 Å². The normalized spacial score (nSPS) is 14.6. The van der Waals surface area contributed by atoms with Gasteiger partial charge in [-0.2, -0.15) is 0 Å². The summed E-state index contributed by atoms with van der Waals surface area (Å²) < 4.78 is 25.4. The molecule has 1 fully saturated rings. The Morgan fingerprint density at radius 1 is 1.07 bits per heavy atom. The predicted molar refractivity (Wildman–Crippen MR) is 101 cm³/mol. The van der Waals surface area contributed by atoms with Crippen LogP contribution in [0.4, 0.5) is 5.69 Å². The zero-order chi connectivity index (χ0) is 20.2. The van der Waals surface area contributed by atoms with E-state index in [1.54, 1.807) is 23.9 Å². The molecule has 0 unspecified atom stereocenters. The summed E-state index contributed by atoms with van der Waals surface area (Å²) in [7, 11) is -0.439. The first-order valence-electron chi connectivity index (χ1n) is 8.40. The van der Waals surface area contributed by atoms with Gasteiger partial charge in [-0.3, -0.25) is 18.7 Å². The molecule has 27 heavy (non-hydrogen) atoms. The molecule has 2 rings (SSSR count). The molecule has 0 atom stereocenters. The molecule has 1 saturated heterocycles. The molecule has 0 radical (unpaired) electrons. The van der Waals surface area contributed by atoms with Crippen LogP contribution in [-0.4, -0.2) is 94.4 Å². The van der Waals surface area contributed by atoms with Gasteiger partial charge in [0, 0.05) is 45.8 Å². The molecule has 1 heterocycles. The van der Waals surface area contributed by atoms with Crippen LogP contribution in [0.5, 0.6) is 0 Å². The van der Waals surface area contributed by atoms with Crippen molar-refractivity contribution in [3.8, 4) is 0 Å². The standard InChI is InChI=1S/C17H24N4O5S/c1-18(2)17(24)14-4-6-15(7-5-14)21(27(3,25)26)12-16(23)20-10-8-19(13-22)9-11-20/h4-7,13H,8-12H2,1-3H3. The third kappa shape index (κ3) is 5.19. The summed E-state index contributed by atoms with van der Waals surface area (Å²) in [4.78, 5) is 39.8. The van der Waals surface area contributed by atoms with E-state index in [0.29, 0.717) is 37.4 Å². The van der Waals surface area contributed by atoms with Crippen LogP contribution in [0.3, 0.4) is 0 Å². The van der Waals surface area contributed by atoms with E-state index in [1.165, 1.54) is 29.2 Å². The molecule has 0 spiro atoms. The number of amides is 3. The van der Waals surface area contributed by atoms with Crippen LogP contribution in [0.1, 0.15) is 10.4 Å². The third-order valence-corrected chi connectivity index (χ3v) is 5.44. The Labute approximate surface area is 159 Å². The second-order valence-corrected chi connectivity index (χ2v) is 8.45. The van der Waals surface area contributed by atoms with Crippen LogP contribution < -0.4 is 4.31 Å². The maximum atomic E-state index is 12.5. The van der Waals surface area contributed by atoms with Gasteiger partial charge in [-0.15, -0.1) is 0 Å². The first kappa shape index (κ1) is 20.7. The van der Waals surface area contributed by atoms with Crippen molar-refractivity contribution in [2.24, 2.45) is 0 Å². The molecule has 1 aromatic rings. The zero-order valence-corrected chi connectivity index (χ0v) is 16.5. The van der Waals surface area contributed by atoms with E-state index >= 15 is 0 Å². The van der Waals surface area contributed by atoms with Crippen LogP contribution in [0.15, 0.2) is 24.3 Å². The Bertz CT molecular complexity index is 799. The van der Waals surface area contributed by atoms with E-state index in [-0.39, 0.29) is 18.4 Å². The van der Waals surface area contributed by atoms with E-state index in [0.717, 1.165) is 17.0 Å². The van der Waals surface area contributed by atoms with Crippen molar-refractivity contribution in [2.45, 2.75) is 0 Å². The van der Waals surface area contributed by atoms with Crippen LogP contribution in [0, 0.1) is 0 Å². The third-order valence-electron chi connectivity index (χ3n) is 4.30. The van der Waals surface area contributed by atoms with E-state index in [9.17, 15) is 22.8 Å². The highest BCUT2D eigenvalue weighted by atomic mass is 32.2. The highest BCUT2D eigenvalue weighted by Gasteiger charge is 2.26. The highest BCUT2D eigenvalue weighted by Crippen LogP contribution is 2.19. The summed E-state index contributed by atoms with van der Waals surface area (Å²) in [6, 6.07) is 6.08. The molecule has 1 aromatic carbocycles. The Morgan fingerprint density at radius 2 is 1.63 bits per heavy atom. The molecule has 0 saturated carbocycles. The number of benzene rings is 1. The topological polar surface area (TPSA) is 98.3 Å². The fraction of sp³-hybridized carbons (Fsp3) is 0.471. The number of anilines is 1. The van der Waals surface area contributed by atoms with Gasteiger partial charge in [0.1, 0.15) is 6.54 Å². The first-order valence-corrected chi connectivity index (χ1v) is 10.2. The lowest BCUT2D eigenvalue weighted by Crippen LogP contribution is -2.51. The van der Waals surface area contributed by atoms with Crippen molar-refractivity contribution in [3.63, 3.8) is 0 Å². The van der Waals surface area contributed by atoms with Gasteiger partial charge in [0.25, 0.3) is 5.91 Å². The SMILES string of the molecule is CN(C)C(=O)c1ccc(N(CC(=O)N2CCN(C=O)CC2)S(C)(=O)=O)cc1. The fourth-order valence-corrected chi connectivity index (χ4v) is 3.58. The van der Waals surface area contributed by atoms with Crippen LogP contribution >= 0.6 is 0 Å². The van der Waals surface area contributed by atoms with Crippen molar-refractivity contribution in [3.05, 3.63) is 29.8 Å². The van der Waals surface area contributed by atoms with Crippen molar-refractivity contribution in [2.75, 3.05) is 57.4 Å². The Balaban J connectivity index is 2.15. The summed E-state index contributed by atoms with van der Waals surface area (Å²) in [5, 5.41) is 0. The number of sulfonamides is 1. The molecular formula is C17H24N4O5S. The van der Waals surface area contributed by atoms with E-state index in [1.807, 2.05) is 0 Å². The highest BCUT2D eigenvalue weighted by molar-refractivity contribution is 7.92. The molecule has 9 nitrogen and oxygen atoms in total. The van der Waals surface area contributed by atoms with Gasteiger partial charge >= 0.3 is 0 Å². The average Bonchev–Trinajstić information content (AvgIpc) is 2.64. The molecule has 0 aliphatic carbocycles. The summed E-state index contributed by atoms with van der Waals surface area (Å²) in [6.07, 6.45) is 1.77. The summed E-state index contributed by atoms with van der Waals surface area (Å²) in [6.45, 7) is 1.25. The molecule has 3 amide bonds. The molecular weight excluding hydrogens is 372 g/mol. The van der Waals surface area contributed by atoms with Crippen molar-refractivity contribution in [1.82, 2.24) is 14.7 Å². The van der Waals surface area contributed by atoms with Crippen molar-refractivity contribution >= 4 is 33.9 Å². The summed E-state index contributed by atoms with van der Waals surface area (Å²) in [5.74, 6) is -0.531. The largest absolute Gasteiger partial charge is 0.345 e. The maximum Gasteiger partial charge on any atom is 0.253 e. The number of hydrogen-bond donors (Lipinski definition) is 0. The van der Waals surface area contributed by atoms with Crippen molar-refractivity contribution < 1.29 is 22.8 Å². The monoisotopic (exact) mass is 396 g/mol. The van der Waals surface area contributed by atoms with Gasteiger partial charge in [0.05, 0.1) is 11.9 Å². The minimum atomic E-state index is -3.69. The summed E-state index contributed by atoms with van der Waals surface area (Å²) in [5.41, 5.74) is 0.737. The molecule has 1 aliphatic rings. The first-order chi connectivity index (χ1) is 12.6. The molecule has 0 N–H and O–H groups in total. The number of piperazine rings is 1. The van der Waals surface area contributed by atoms with Gasteiger partial charge in [0.2, 0.25) is 22.3 Å². The lowest BCUT2D eigenvalue weighted by atomic mass is 10.2. The Kier molecular flexibility index (Phi) is 6.42. The minimum Gasteiger partial charge on any atom is -0.345 e. The van der Waals surface area contributed by atoms with Crippen LogP contribution in [0.2, 0.25) is 0 Å². The smallest absolute Gasteiger partial charge is 0.253 e. The Morgan fingerprint density at radius 3 is 2.07 bits per heavy atom. The average molecular weight is 396 g/mol. The van der Waals surface area contributed by atoms with E-state index < -0.39 is 10.0 Å². The lowest BCUT2D eigenvalue weighted by molar-refractivity contribution is -0.133. The number of carbonyl (C=O) groups excluding carboxylic acids is 3. The Hall–Kier alpha value is -2.62. The van der Waals surface area contributed by atoms with Gasteiger partial charge < -0.3 is 14.7 Å². The quantitative estimate of drug-likeness (QED) is 0.601. The second kappa shape index (κ2) is 8.38. The molecule has 148 valence electrons. The number of nitrogens with zero attached hydrogens (tertiary/aromatic N) is 4. The number of rotatable bonds is 6. The summed E-state index contributed by atoms with van der Waals surface area (Å²) >= 11 is 0. The van der Waals surface area contributed by atoms with Crippen molar-refractivity contribution in [1.29, 1.82) is 0 Å². The predicted octanol–water partition coefficient (Wildman–Crippen LogP) is -0.545. The van der Waals surface area contributed by atoms with Gasteiger partial charge in [0.15, 0.2) is 0 Å². The zero-order valence-electron chi connectivity index (χ0n) is 15.7. The van der Waals surface area contributed by atoms with Gasteiger partial charge in [-0.25, -0.2) is 8.42 Å². The van der Waals surface area contributed by atoms with E-state index in [2.05, 4.69) is 0 Å². The molecule has 1 aliphatic heterocycles. The lowest BCUT2D eigenvalue weighted by Gasteiger charge is -2.34. The van der Waals surface area contributed by atoms with Crippen LogP contribution in [-0.2, 0) is 19.6 Å². The van der Waals surface area contributed by atoms with Gasteiger partial charge in [-0.1, -0.05) is 0 Å². The maximum absolute atomic E-state index is 12.5. The number of carbonyl (C=O) groups is 3. The van der Waals surface area contributed by atoms with Gasteiger partial charge in [-0.05, 0) is 24.3 Å².